The fourth-order valence-electron chi connectivity index (χ4n) is 3.96. The van der Waals surface area contributed by atoms with Crippen molar-refractivity contribution < 1.29 is 9.29 Å². The lowest BCUT2D eigenvalue weighted by molar-refractivity contribution is 0.398. The molecule has 0 N–H and O–H groups in total. The van der Waals surface area contributed by atoms with Crippen LogP contribution >= 0.6 is 0 Å². The predicted molar refractivity (Wildman–Crippen MR) is 130 cm³/mol. The van der Waals surface area contributed by atoms with Gasteiger partial charge in [0.2, 0.25) is 5.88 Å². The van der Waals surface area contributed by atoms with Crippen molar-refractivity contribution in [2.45, 2.75) is 11.4 Å². The molecule has 5 rings (SSSR count). The van der Waals surface area contributed by atoms with Crippen molar-refractivity contribution in [3.8, 4) is 5.88 Å². The molecule has 4 heterocycles. The third-order valence-corrected chi connectivity index (χ3v) is 6.94. The van der Waals surface area contributed by atoms with Crippen molar-refractivity contribution in [2.75, 3.05) is 29.2 Å². The Hall–Kier alpha value is -3.62. The zero-order valence-corrected chi connectivity index (χ0v) is 19.0. The first-order valence-corrected chi connectivity index (χ1v) is 11.9. The average Bonchev–Trinajstić information content (AvgIpc) is 2.89. The van der Waals surface area contributed by atoms with Gasteiger partial charge >= 0.3 is 0 Å². The van der Waals surface area contributed by atoms with E-state index in [-0.39, 0.29) is 0 Å². The number of anilines is 4. The minimum atomic E-state index is -0.998. The summed E-state index contributed by atoms with van der Waals surface area (Å²) in [6, 6.07) is 19.6. The zero-order chi connectivity index (χ0) is 22.6. The molecule has 0 aliphatic carbocycles. The summed E-state index contributed by atoms with van der Waals surface area (Å²) in [7, 11) is 1.60. The van der Waals surface area contributed by atoms with Crippen LogP contribution in [0.2, 0.25) is 0 Å². The molecule has 166 valence electrons. The second kappa shape index (κ2) is 9.48. The second-order valence-corrected chi connectivity index (χ2v) is 9.05. The number of rotatable bonds is 6. The molecule has 4 aromatic rings. The van der Waals surface area contributed by atoms with Gasteiger partial charge in [-0.25, -0.2) is 9.97 Å². The number of hydrogen-bond acceptors (Lipinski definition) is 7. The molecular weight excluding hydrogens is 434 g/mol. The number of benzene rings is 1. The van der Waals surface area contributed by atoms with Crippen molar-refractivity contribution in [3.05, 3.63) is 91.0 Å². The molecule has 0 amide bonds. The van der Waals surface area contributed by atoms with Gasteiger partial charge in [-0.2, -0.15) is 0 Å². The van der Waals surface area contributed by atoms with Crippen LogP contribution in [-0.2, 0) is 17.7 Å². The number of para-hydroxylation sites is 1. The van der Waals surface area contributed by atoms with Crippen LogP contribution in [0.15, 0.2) is 90.3 Å². The number of pyridine rings is 3. The van der Waals surface area contributed by atoms with Gasteiger partial charge in [0.15, 0.2) is 4.90 Å². The average molecular weight is 458 g/mol. The van der Waals surface area contributed by atoms with E-state index in [2.05, 4.69) is 25.8 Å². The monoisotopic (exact) mass is 457 g/mol. The SMILES string of the molecule is COc1ccc(N(Cc2cccnc2N2CC[S+]([O-])c3ccccc32)c2cccnc2)cn1. The van der Waals surface area contributed by atoms with E-state index in [1.807, 2.05) is 60.8 Å². The van der Waals surface area contributed by atoms with Crippen molar-refractivity contribution in [3.63, 3.8) is 0 Å². The van der Waals surface area contributed by atoms with Gasteiger partial charge < -0.3 is 19.1 Å². The van der Waals surface area contributed by atoms with Gasteiger partial charge in [-0.3, -0.25) is 4.98 Å². The lowest BCUT2D eigenvalue weighted by atomic mass is 10.1. The summed E-state index contributed by atoms with van der Waals surface area (Å²) in [5.74, 6) is 1.99. The van der Waals surface area contributed by atoms with Crippen LogP contribution in [-0.4, -0.2) is 38.9 Å². The minimum absolute atomic E-state index is 0.560. The fraction of sp³-hybridized carbons (Fsp3) is 0.160. The summed E-state index contributed by atoms with van der Waals surface area (Å²) in [4.78, 5) is 18.6. The van der Waals surface area contributed by atoms with E-state index in [0.29, 0.717) is 24.7 Å². The van der Waals surface area contributed by atoms with Gasteiger partial charge in [-0.1, -0.05) is 18.2 Å². The van der Waals surface area contributed by atoms with E-state index < -0.39 is 11.2 Å². The van der Waals surface area contributed by atoms with E-state index in [0.717, 1.165) is 33.3 Å². The van der Waals surface area contributed by atoms with Gasteiger partial charge in [0.05, 0.1) is 49.7 Å². The quantitative estimate of drug-likeness (QED) is 0.395. The summed E-state index contributed by atoms with van der Waals surface area (Å²) < 4.78 is 17.8. The van der Waals surface area contributed by atoms with Gasteiger partial charge in [0, 0.05) is 24.0 Å². The van der Waals surface area contributed by atoms with Crippen LogP contribution in [0, 0.1) is 0 Å². The molecule has 0 bridgehead atoms. The van der Waals surface area contributed by atoms with Crippen LogP contribution in [0.3, 0.4) is 0 Å². The molecule has 8 heteroatoms. The smallest absolute Gasteiger partial charge is 0.213 e. The van der Waals surface area contributed by atoms with Crippen LogP contribution in [0.1, 0.15) is 5.56 Å². The number of fused-ring (bicyclic) bond motifs is 1. The van der Waals surface area contributed by atoms with E-state index in [9.17, 15) is 4.55 Å². The van der Waals surface area contributed by atoms with Gasteiger partial charge in [0.25, 0.3) is 0 Å². The molecule has 33 heavy (non-hydrogen) atoms. The van der Waals surface area contributed by atoms with E-state index in [1.165, 1.54) is 0 Å². The Morgan fingerprint density at radius 3 is 2.61 bits per heavy atom. The minimum Gasteiger partial charge on any atom is -0.611 e. The lowest BCUT2D eigenvalue weighted by Crippen LogP contribution is -2.33. The topological polar surface area (TPSA) is 77.4 Å². The molecule has 1 unspecified atom stereocenters. The Morgan fingerprint density at radius 2 is 1.82 bits per heavy atom. The Balaban J connectivity index is 1.55. The first kappa shape index (κ1) is 21.2. The van der Waals surface area contributed by atoms with Crippen molar-refractivity contribution in [2.24, 2.45) is 0 Å². The molecule has 1 aliphatic heterocycles. The molecular formula is C25H23N5O2S. The van der Waals surface area contributed by atoms with Gasteiger partial charge in [0.1, 0.15) is 11.6 Å². The summed E-state index contributed by atoms with van der Waals surface area (Å²) in [6.45, 7) is 1.20. The highest BCUT2D eigenvalue weighted by Crippen LogP contribution is 2.37. The normalized spacial score (nSPS) is 15.1. The first-order valence-electron chi connectivity index (χ1n) is 10.6. The molecule has 0 radical (unpaired) electrons. The molecule has 0 spiro atoms. The highest BCUT2D eigenvalue weighted by Gasteiger charge is 2.29. The van der Waals surface area contributed by atoms with Crippen molar-refractivity contribution in [1.82, 2.24) is 15.0 Å². The number of ether oxygens (including phenoxy) is 1. The van der Waals surface area contributed by atoms with Crippen LogP contribution < -0.4 is 14.5 Å². The molecule has 1 atom stereocenters. The predicted octanol–water partition coefficient (Wildman–Crippen LogP) is 4.48. The van der Waals surface area contributed by atoms with Crippen LogP contribution in [0.5, 0.6) is 5.88 Å². The molecule has 0 fully saturated rings. The number of nitrogens with zero attached hydrogens (tertiary/aromatic N) is 5. The standard InChI is InChI=1S/C25H23N5O2S/c1-32-24-11-10-21(17-28-24)30(20-7-5-12-26-16-20)18-19-6-4-13-27-25(19)29-14-15-33(31)23-9-3-2-8-22(23)29/h2-13,16-17H,14-15,18H2,1H3. The Labute approximate surface area is 195 Å². The number of aromatic nitrogens is 3. The third kappa shape index (κ3) is 4.35. The molecule has 3 aromatic heterocycles. The molecule has 7 nitrogen and oxygen atoms in total. The van der Waals surface area contributed by atoms with Gasteiger partial charge in [-0.15, -0.1) is 0 Å². The maximum Gasteiger partial charge on any atom is 0.213 e. The lowest BCUT2D eigenvalue weighted by Gasteiger charge is -2.33. The molecule has 0 saturated carbocycles. The van der Waals surface area contributed by atoms with Crippen molar-refractivity contribution >= 4 is 34.1 Å². The number of methoxy groups -OCH3 is 1. The maximum atomic E-state index is 12.6. The zero-order valence-electron chi connectivity index (χ0n) is 18.2. The highest BCUT2D eigenvalue weighted by molar-refractivity contribution is 7.91. The Bertz CT molecular complexity index is 1220. The highest BCUT2D eigenvalue weighted by atomic mass is 32.2. The van der Waals surface area contributed by atoms with Crippen molar-refractivity contribution in [1.29, 1.82) is 0 Å². The molecule has 1 aliphatic rings. The second-order valence-electron chi connectivity index (χ2n) is 7.51. The maximum absolute atomic E-state index is 12.6. The Morgan fingerprint density at radius 1 is 0.970 bits per heavy atom. The molecule has 0 saturated heterocycles. The van der Waals surface area contributed by atoms with Crippen LogP contribution in [0.25, 0.3) is 0 Å². The fourth-order valence-corrected chi connectivity index (χ4v) is 5.17. The summed E-state index contributed by atoms with van der Waals surface area (Å²) >= 11 is -0.998. The summed E-state index contributed by atoms with van der Waals surface area (Å²) in [5, 5.41) is 0. The summed E-state index contributed by atoms with van der Waals surface area (Å²) in [6.07, 6.45) is 7.19. The Kier molecular flexibility index (Phi) is 6.10. The summed E-state index contributed by atoms with van der Waals surface area (Å²) in [5.41, 5.74) is 3.85. The van der Waals surface area contributed by atoms with Gasteiger partial charge in [-0.05, 0) is 47.6 Å². The van der Waals surface area contributed by atoms with Crippen LogP contribution in [0.4, 0.5) is 22.9 Å². The third-order valence-electron chi connectivity index (χ3n) is 5.55. The van der Waals surface area contributed by atoms with E-state index >= 15 is 0 Å². The molecule has 1 aromatic carbocycles. The largest absolute Gasteiger partial charge is 0.611 e. The number of hydrogen-bond donors (Lipinski definition) is 0. The van der Waals surface area contributed by atoms with E-state index in [4.69, 9.17) is 9.72 Å². The van der Waals surface area contributed by atoms with E-state index in [1.54, 1.807) is 25.7 Å². The first-order chi connectivity index (χ1) is 16.2.